The number of nitrogens with zero attached hydrogens (tertiary/aromatic N) is 1. The minimum absolute atomic E-state index is 0.00114. The Kier molecular flexibility index (Phi) is 12.3. The Morgan fingerprint density at radius 2 is 1.70 bits per heavy atom. The standard InChI is InChI=1S/C33H42ClN3O6/c34-27-15-7-11-24(19-27)22-43-33(42)36-29(20-23-9-3-1-4-10-23)31(39)35-28(32(40)41)16-17-30(38)37-18-8-14-26(21-37)25-12-5-2-6-13-25/h2,5-7,11-13,15,19,23,26,28-29H,1,3-4,8-10,14,16-18,20-22H2,(H,35,39)(H,36,42)(H,40,41)/t26?,28-,29?/m0/s1. The van der Waals surface area contributed by atoms with Gasteiger partial charge < -0.3 is 25.4 Å². The van der Waals surface area contributed by atoms with Crippen molar-refractivity contribution in [3.05, 3.63) is 70.7 Å². The monoisotopic (exact) mass is 611 g/mol. The lowest BCUT2D eigenvalue weighted by molar-refractivity contribution is -0.142. The third kappa shape index (κ3) is 10.3. The number of likely N-dealkylation sites (tertiary alicyclic amines) is 1. The third-order valence-corrected chi connectivity index (χ3v) is 8.70. The van der Waals surface area contributed by atoms with Crippen molar-refractivity contribution < 1.29 is 29.0 Å². The zero-order chi connectivity index (χ0) is 30.6. The van der Waals surface area contributed by atoms with Crippen LogP contribution < -0.4 is 10.6 Å². The van der Waals surface area contributed by atoms with Crippen LogP contribution in [0.1, 0.15) is 81.3 Å². The number of rotatable bonds is 12. The summed E-state index contributed by atoms with van der Waals surface area (Å²) < 4.78 is 5.34. The fourth-order valence-electron chi connectivity index (χ4n) is 6.10. The number of ether oxygens (including phenoxy) is 1. The molecular formula is C33H42ClN3O6. The predicted octanol–water partition coefficient (Wildman–Crippen LogP) is 5.66. The van der Waals surface area contributed by atoms with E-state index in [9.17, 15) is 24.3 Å². The third-order valence-electron chi connectivity index (χ3n) is 8.47. The van der Waals surface area contributed by atoms with E-state index in [1.165, 1.54) is 5.56 Å². The number of carbonyl (C=O) groups is 4. The average molecular weight is 612 g/mol. The number of hydrogen-bond donors (Lipinski definition) is 3. The van der Waals surface area contributed by atoms with Crippen molar-refractivity contribution in [2.75, 3.05) is 13.1 Å². The summed E-state index contributed by atoms with van der Waals surface area (Å²) in [5.74, 6) is -1.45. The number of piperidine rings is 1. The average Bonchev–Trinajstić information content (AvgIpc) is 3.02. The first-order valence-electron chi connectivity index (χ1n) is 15.3. The molecule has 0 radical (unpaired) electrons. The Morgan fingerprint density at radius 3 is 2.42 bits per heavy atom. The molecule has 1 aliphatic carbocycles. The van der Waals surface area contributed by atoms with Gasteiger partial charge in [-0.2, -0.15) is 0 Å². The molecule has 232 valence electrons. The molecular weight excluding hydrogens is 570 g/mol. The molecule has 10 heteroatoms. The Morgan fingerprint density at radius 1 is 0.930 bits per heavy atom. The van der Waals surface area contributed by atoms with Crippen molar-refractivity contribution in [3.8, 4) is 0 Å². The second kappa shape index (κ2) is 16.3. The minimum atomic E-state index is -1.26. The van der Waals surface area contributed by atoms with Crippen LogP contribution in [0.3, 0.4) is 0 Å². The highest BCUT2D eigenvalue weighted by atomic mass is 35.5. The molecule has 0 aromatic heterocycles. The van der Waals surface area contributed by atoms with Crippen LogP contribution in [0.5, 0.6) is 0 Å². The van der Waals surface area contributed by atoms with E-state index in [1.54, 1.807) is 29.2 Å². The number of halogens is 1. The van der Waals surface area contributed by atoms with E-state index in [-0.39, 0.29) is 37.2 Å². The van der Waals surface area contributed by atoms with Gasteiger partial charge in [0.1, 0.15) is 18.7 Å². The molecule has 1 saturated carbocycles. The summed E-state index contributed by atoms with van der Waals surface area (Å²) in [5.41, 5.74) is 1.90. The second-order valence-corrected chi connectivity index (χ2v) is 12.1. The van der Waals surface area contributed by atoms with E-state index in [0.717, 1.165) is 44.9 Å². The summed E-state index contributed by atoms with van der Waals surface area (Å²) in [6.45, 7) is 1.21. The van der Waals surface area contributed by atoms with Crippen LogP contribution in [0.25, 0.3) is 0 Å². The van der Waals surface area contributed by atoms with E-state index in [0.29, 0.717) is 30.1 Å². The maximum absolute atomic E-state index is 13.4. The summed E-state index contributed by atoms with van der Waals surface area (Å²) >= 11 is 6.01. The van der Waals surface area contributed by atoms with Gasteiger partial charge in [-0.05, 0) is 54.9 Å². The summed E-state index contributed by atoms with van der Waals surface area (Å²) in [6.07, 6.45) is 6.60. The molecule has 0 bridgehead atoms. The van der Waals surface area contributed by atoms with Crippen molar-refractivity contribution in [3.63, 3.8) is 0 Å². The highest BCUT2D eigenvalue weighted by Crippen LogP contribution is 2.28. The van der Waals surface area contributed by atoms with Gasteiger partial charge in [0.25, 0.3) is 0 Å². The molecule has 2 aromatic rings. The largest absolute Gasteiger partial charge is 0.480 e. The predicted molar refractivity (Wildman–Crippen MR) is 164 cm³/mol. The fourth-order valence-corrected chi connectivity index (χ4v) is 6.32. The van der Waals surface area contributed by atoms with Gasteiger partial charge in [0.15, 0.2) is 0 Å². The zero-order valence-corrected chi connectivity index (χ0v) is 25.3. The van der Waals surface area contributed by atoms with Gasteiger partial charge in [-0.1, -0.05) is 86.2 Å². The van der Waals surface area contributed by atoms with Crippen LogP contribution in [-0.2, 0) is 25.7 Å². The number of amides is 3. The highest BCUT2D eigenvalue weighted by Gasteiger charge is 2.31. The zero-order valence-electron chi connectivity index (χ0n) is 24.5. The first-order valence-corrected chi connectivity index (χ1v) is 15.7. The van der Waals surface area contributed by atoms with Crippen molar-refractivity contribution in [2.24, 2.45) is 5.92 Å². The number of hydrogen-bond acceptors (Lipinski definition) is 5. The topological polar surface area (TPSA) is 125 Å². The smallest absolute Gasteiger partial charge is 0.408 e. The lowest BCUT2D eigenvalue weighted by Gasteiger charge is -2.33. The molecule has 2 aromatic carbocycles. The Labute approximate surface area is 258 Å². The number of carbonyl (C=O) groups excluding carboxylic acids is 3. The summed E-state index contributed by atoms with van der Waals surface area (Å²) in [7, 11) is 0. The lowest BCUT2D eigenvalue weighted by atomic mass is 9.84. The minimum Gasteiger partial charge on any atom is -0.480 e. The normalized spacial score (nSPS) is 18.7. The van der Waals surface area contributed by atoms with Crippen molar-refractivity contribution in [2.45, 2.75) is 88.8 Å². The van der Waals surface area contributed by atoms with E-state index in [2.05, 4.69) is 22.8 Å². The van der Waals surface area contributed by atoms with Crippen LogP contribution in [0.2, 0.25) is 5.02 Å². The molecule has 4 rings (SSSR count). The molecule has 9 nitrogen and oxygen atoms in total. The molecule has 1 aliphatic heterocycles. The summed E-state index contributed by atoms with van der Waals surface area (Å²) in [4.78, 5) is 53.1. The number of carboxylic acids is 1. The molecule has 0 spiro atoms. The summed E-state index contributed by atoms with van der Waals surface area (Å²) in [5, 5.41) is 15.7. The number of carboxylic acid groups (broad SMARTS) is 1. The van der Waals surface area contributed by atoms with Gasteiger partial charge in [-0.15, -0.1) is 0 Å². The Balaban J connectivity index is 1.33. The molecule has 2 fully saturated rings. The van der Waals surface area contributed by atoms with Crippen molar-refractivity contribution >= 4 is 35.5 Å². The van der Waals surface area contributed by atoms with Gasteiger partial charge in [-0.3, -0.25) is 9.59 Å². The molecule has 43 heavy (non-hydrogen) atoms. The quantitative estimate of drug-likeness (QED) is 0.284. The molecule has 1 saturated heterocycles. The first kappa shape index (κ1) is 32.3. The van der Waals surface area contributed by atoms with Gasteiger partial charge in [0.2, 0.25) is 11.8 Å². The molecule has 3 amide bonds. The molecule has 3 N–H and O–H groups in total. The Bertz CT molecular complexity index is 1240. The summed E-state index contributed by atoms with van der Waals surface area (Å²) in [6, 6.07) is 14.8. The van der Waals surface area contributed by atoms with Gasteiger partial charge in [-0.25, -0.2) is 9.59 Å². The van der Waals surface area contributed by atoms with Crippen molar-refractivity contribution in [1.29, 1.82) is 0 Å². The van der Waals surface area contributed by atoms with E-state index in [4.69, 9.17) is 16.3 Å². The van der Waals surface area contributed by atoms with Gasteiger partial charge in [0.05, 0.1) is 0 Å². The number of alkyl carbamates (subject to hydrolysis) is 1. The van der Waals surface area contributed by atoms with Crippen LogP contribution in [-0.4, -0.2) is 59.1 Å². The number of nitrogens with one attached hydrogen (secondary N) is 2. The number of aliphatic carboxylic acids is 1. The first-order chi connectivity index (χ1) is 20.8. The SMILES string of the molecule is O=C(NC(CC1CCCCC1)C(=O)N[C@@H](CCC(=O)N1CCCC(c2ccccc2)C1)C(=O)O)OCc1cccc(Cl)c1. The van der Waals surface area contributed by atoms with E-state index < -0.39 is 30.1 Å². The van der Waals surface area contributed by atoms with Crippen LogP contribution in [0, 0.1) is 5.92 Å². The fraction of sp³-hybridized carbons (Fsp3) is 0.515. The lowest BCUT2D eigenvalue weighted by Crippen LogP contribution is -2.52. The van der Waals surface area contributed by atoms with Gasteiger partial charge >= 0.3 is 12.1 Å². The van der Waals surface area contributed by atoms with Crippen LogP contribution in [0.4, 0.5) is 4.79 Å². The van der Waals surface area contributed by atoms with E-state index in [1.807, 2.05) is 18.2 Å². The highest BCUT2D eigenvalue weighted by molar-refractivity contribution is 6.30. The van der Waals surface area contributed by atoms with E-state index >= 15 is 0 Å². The molecule has 2 aliphatic rings. The molecule has 3 atom stereocenters. The number of benzene rings is 2. The second-order valence-electron chi connectivity index (χ2n) is 11.7. The van der Waals surface area contributed by atoms with Crippen molar-refractivity contribution in [1.82, 2.24) is 15.5 Å². The van der Waals surface area contributed by atoms with Gasteiger partial charge in [0, 0.05) is 30.5 Å². The molecule has 1 heterocycles. The molecule has 2 unspecified atom stereocenters. The maximum atomic E-state index is 13.4. The van der Waals surface area contributed by atoms with Crippen LogP contribution >= 0.6 is 11.6 Å². The van der Waals surface area contributed by atoms with Crippen LogP contribution in [0.15, 0.2) is 54.6 Å². The maximum Gasteiger partial charge on any atom is 0.408 e. The Hall–Kier alpha value is -3.59.